The van der Waals surface area contributed by atoms with Crippen LogP contribution in [0.4, 0.5) is 5.00 Å². The highest BCUT2D eigenvalue weighted by Crippen LogP contribution is 2.28. The second-order valence-electron chi connectivity index (χ2n) is 7.77. The van der Waals surface area contributed by atoms with Gasteiger partial charge < -0.3 is 15.5 Å². The van der Waals surface area contributed by atoms with Crippen LogP contribution < -0.4 is 10.6 Å². The maximum atomic E-state index is 13.1. The van der Waals surface area contributed by atoms with Crippen molar-refractivity contribution < 1.29 is 9.59 Å². The third-order valence-electron chi connectivity index (χ3n) is 5.78. The molecule has 28 heavy (non-hydrogen) atoms. The predicted octanol–water partition coefficient (Wildman–Crippen LogP) is 3.56. The fraction of sp³-hybridized carbons (Fsp3) is 0.455. The Morgan fingerprint density at radius 3 is 2.89 bits per heavy atom. The minimum Gasteiger partial charge on any atom is -0.338 e. The molecule has 2 heterocycles. The number of anilines is 1. The topological polar surface area (TPSA) is 61.4 Å². The van der Waals surface area contributed by atoms with Crippen LogP contribution in [-0.2, 0) is 12.8 Å². The minimum atomic E-state index is -0.141. The molecule has 4 rings (SSSR count). The number of rotatable bonds is 5. The number of benzene rings is 1. The summed E-state index contributed by atoms with van der Waals surface area (Å²) in [4.78, 5) is 27.8. The molecule has 1 aromatic carbocycles. The van der Waals surface area contributed by atoms with E-state index in [1.165, 1.54) is 22.5 Å². The second kappa shape index (κ2) is 8.45. The number of likely N-dealkylation sites (tertiary alicyclic amines) is 1. The number of hydrogen-bond acceptors (Lipinski definition) is 4. The van der Waals surface area contributed by atoms with E-state index in [9.17, 15) is 9.59 Å². The van der Waals surface area contributed by atoms with Crippen LogP contribution in [0.25, 0.3) is 0 Å². The molecule has 1 atom stereocenters. The van der Waals surface area contributed by atoms with E-state index in [1.54, 1.807) is 0 Å². The zero-order valence-corrected chi connectivity index (χ0v) is 17.1. The monoisotopic (exact) mass is 397 g/mol. The Labute approximate surface area is 170 Å². The van der Waals surface area contributed by atoms with E-state index in [-0.39, 0.29) is 11.8 Å². The highest BCUT2D eigenvalue weighted by atomic mass is 32.1. The molecule has 6 heteroatoms. The van der Waals surface area contributed by atoms with Crippen molar-refractivity contribution in [2.75, 3.05) is 32.0 Å². The van der Waals surface area contributed by atoms with Gasteiger partial charge in [-0.2, -0.15) is 0 Å². The summed E-state index contributed by atoms with van der Waals surface area (Å²) < 4.78 is 0. The van der Waals surface area contributed by atoms with Crippen LogP contribution in [0, 0.1) is 5.92 Å². The number of piperidine rings is 1. The van der Waals surface area contributed by atoms with Gasteiger partial charge in [-0.25, -0.2) is 0 Å². The lowest BCUT2D eigenvalue weighted by Gasteiger charge is -2.32. The average molecular weight is 398 g/mol. The number of thiophene rings is 1. The molecule has 148 valence electrons. The molecule has 1 aromatic heterocycles. The van der Waals surface area contributed by atoms with Crippen molar-refractivity contribution in [3.05, 3.63) is 51.9 Å². The number of hydrogen-bond donors (Lipinski definition) is 2. The third-order valence-corrected chi connectivity index (χ3v) is 6.61. The fourth-order valence-electron chi connectivity index (χ4n) is 4.34. The van der Waals surface area contributed by atoms with Crippen LogP contribution in [0.5, 0.6) is 0 Å². The van der Waals surface area contributed by atoms with E-state index in [1.807, 2.05) is 35.5 Å². The normalized spacial score (nSPS) is 18.8. The summed E-state index contributed by atoms with van der Waals surface area (Å²) in [5.74, 6) is 0.370. The van der Waals surface area contributed by atoms with Crippen LogP contribution in [0.15, 0.2) is 29.6 Å². The molecule has 0 spiro atoms. The Bertz CT molecular complexity index is 874. The first-order chi connectivity index (χ1) is 13.7. The summed E-state index contributed by atoms with van der Waals surface area (Å²) in [6.07, 6.45) is 5.48. The summed E-state index contributed by atoms with van der Waals surface area (Å²) in [5, 5.41) is 8.71. The van der Waals surface area contributed by atoms with Gasteiger partial charge in [-0.05, 0) is 86.3 Å². The number of carbonyl (C=O) groups is 2. The minimum absolute atomic E-state index is 0.0197. The van der Waals surface area contributed by atoms with Crippen LogP contribution in [-0.4, -0.2) is 43.4 Å². The molecule has 1 unspecified atom stereocenters. The Kier molecular flexibility index (Phi) is 5.78. The maximum absolute atomic E-state index is 13.1. The molecule has 1 fully saturated rings. The third kappa shape index (κ3) is 3.98. The van der Waals surface area contributed by atoms with Crippen molar-refractivity contribution in [3.63, 3.8) is 0 Å². The molecule has 0 radical (unpaired) electrons. The Morgan fingerprint density at radius 2 is 2.04 bits per heavy atom. The van der Waals surface area contributed by atoms with Gasteiger partial charge in [0.25, 0.3) is 11.8 Å². The van der Waals surface area contributed by atoms with Gasteiger partial charge in [0, 0.05) is 18.7 Å². The standard InChI is InChI=1S/C22H27N3O2S/c1-23-13-15-4-3-10-25(14-15)22(27)19-9-11-28-21(19)24-20(26)18-8-7-16-5-2-6-17(16)12-18/h7-9,11-12,15,23H,2-6,10,13-14H2,1H3,(H,24,26). The molecule has 1 aliphatic carbocycles. The lowest BCUT2D eigenvalue weighted by Crippen LogP contribution is -2.42. The van der Waals surface area contributed by atoms with Gasteiger partial charge in [0.1, 0.15) is 5.00 Å². The van der Waals surface area contributed by atoms with Crippen molar-refractivity contribution in [1.82, 2.24) is 10.2 Å². The Hall–Kier alpha value is -2.18. The molecule has 2 aliphatic rings. The van der Waals surface area contributed by atoms with Gasteiger partial charge in [-0.3, -0.25) is 9.59 Å². The van der Waals surface area contributed by atoms with Crippen molar-refractivity contribution in [2.45, 2.75) is 32.1 Å². The van der Waals surface area contributed by atoms with Crippen LogP contribution >= 0.6 is 11.3 Å². The largest absolute Gasteiger partial charge is 0.338 e. The van der Waals surface area contributed by atoms with E-state index in [4.69, 9.17) is 0 Å². The van der Waals surface area contributed by atoms with Gasteiger partial charge in [-0.15, -0.1) is 11.3 Å². The highest BCUT2D eigenvalue weighted by molar-refractivity contribution is 7.14. The molecule has 5 nitrogen and oxygen atoms in total. The van der Waals surface area contributed by atoms with E-state index in [0.717, 1.165) is 51.7 Å². The van der Waals surface area contributed by atoms with E-state index < -0.39 is 0 Å². The van der Waals surface area contributed by atoms with Crippen molar-refractivity contribution in [2.24, 2.45) is 5.92 Å². The highest BCUT2D eigenvalue weighted by Gasteiger charge is 2.26. The first-order valence-corrected chi connectivity index (χ1v) is 11.0. The molecular formula is C22H27N3O2S. The summed E-state index contributed by atoms with van der Waals surface area (Å²) >= 11 is 1.41. The summed E-state index contributed by atoms with van der Waals surface area (Å²) in [5.41, 5.74) is 3.90. The Balaban J connectivity index is 1.46. The first-order valence-electron chi connectivity index (χ1n) is 10.1. The zero-order valence-electron chi connectivity index (χ0n) is 16.3. The molecule has 2 aromatic rings. The average Bonchev–Trinajstić information content (AvgIpc) is 3.36. The number of aryl methyl sites for hydroxylation is 2. The molecular weight excluding hydrogens is 370 g/mol. The molecule has 2 N–H and O–H groups in total. The maximum Gasteiger partial charge on any atom is 0.256 e. The number of amides is 2. The van der Waals surface area contributed by atoms with E-state index in [0.29, 0.717) is 22.0 Å². The molecule has 1 saturated heterocycles. The van der Waals surface area contributed by atoms with Gasteiger partial charge in [-0.1, -0.05) is 6.07 Å². The van der Waals surface area contributed by atoms with Gasteiger partial charge in [0.15, 0.2) is 0 Å². The smallest absolute Gasteiger partial charge is 0.256 e. The van der Waals surface area contributed by atoms with Crippen molar-refractivity contribution in [1.29, 1.82) is 0 Å². The van der Waals surface area contributed by atoms with Crippen LogP contribution in [0.1, 0.15) is 51.1 Å². The number of carbonyl (C=O) groups excluding carboxylic acids is 2. The fourth-order valence-corrected chi connectivity index (χ4v) is 5.11. The van der Waals surface area contributed by atoms with Crippen LogP contribution in [0.2, 0.25) is 0 Å². The summed E-state index contributed by atoms with van der Waals surface area (Å²) in [6, 6.07) is 7.78. The predicted molar refractivity (Wildman–Crippen MR) is 113 cm³/mol. The van der Waals surface area contributed by atoms with Crippen molar-refractivity contribution in [3.8, 4) is 0 Å². The molecule has 0 bridgehead atoms. The Morgan fingerprint density at radius 1 is 1.18 bits per heavy atom. The van der Waals surface area contributed by atoms with Crippen molar-refractivity contribution >= 4 is 28.2 Å². The number of fused-ring (bicyclic) bond motifs is 1. The zero-order chi connectivity index (χ0) is 19.5. The quantitative estimate of drug-likeness (QED) is 0.811. The molecule has 1 aliphatic heterocycles. The summed E-state index contributed by atoms with van der Waals surface area (Å²) in [7, 11) is 1.95. The van der Waals surface area contributed by atoms with Gasteiger partial charge in [0.2, 0.25) is 0 Å². The lowest BCUT2D eigenvalue weighted by molar-refractivity contribution is 0.0676. The summed E-state index contributed by atoms with van der Waals surface area (Å²) in [6.45, 7) is 2.48. The number of nitrogens with zero attached hydrogens (tertiary/aromatic N) is 1. The molecule has 2 amide bonds. The van der Waals surface area contributed by atoms with E-state index >= 15 is 0 Å². The molecule has 0 saturated carbocycles. The second-order valence-corrected chi connectivity index (χ2v) is 8.69. The lowest BCUT2D eigenvalue weighted by atomic mass is 9.97. The van der Waals surface area contributed by atoms with Gasteiger partial charge >= 0.3 is 0 Å². The van der Waals surface area contributed by atoms with E-state index in [2.05, 4.69) is 16.7 Å². The van der Waals surface area contributed by atoms with Gasteiger partial charge in [0.05, 0.1) is 5.56 Å². The SMILES string of the molecule is CNCC1CCCN(C(=O)c2ccsc2NC(=O)c2ccc3c(c2)CCC3)C1. The van der Waals surface area contributed by atoms with Crippen LogP contribution in [0.3, 0.4) is 0 Å². The first kappa shape index (κ1) is 19.2. The number of nitrogens with one attached hydrogen (secondary N) is 2.